The Kier molecular flexibility index (Phi) is 7.04. The van der Waals surface area contributed by atoms with Crippen molar-refractivity contribution < 1.29 is 28.6 Å². The number of nitrogens with one attached hydrogen (secondary N) is 1. The van der Waals surface area contributed by atoms with Crippen molar-refractivity contribution in [2.45, 2.75) is 12.6 Å². The van der Waals surface area contributed by atoms with E-state index in [1.54, 1.807) is 24.3 Å². The van der Waals surface area contributed by atoms with Crippen molar-refractivity contribution in [3.8, 4) is 0 Å². The van der Waals surface area contributed by atoms with E-state index in [9.17, 15) is 14.4 Å². The predicted octanol–water partition coefficient (Wildman–Crippen LogP) is 1.10. The molecule has 1 heterocycles. The van der Waals surface area contributed by atoms with Crippen molar-refractivity contribution in [2.75, 3.05) is 13.7 Å². The average molecular weight is 359 g/mol. The molecule has 9 nitrogen and oxygen atoms in total. The molecule has 2 rings (SSSR count). The molecule has 0 radical (unpaired) electrons. The second-order valence-corrected chi connectivity index (χ2v) is 4.97. The van der Waals surface area contributed by atoms with Crippen LogP contribution >= 0.6 is 0 Å². The van der Waals surface area contributed by atoms with Crippen LogP contribution in [0.25, 0.3) is 0 Å². The van der Waals surface area contributed by atoms with Gasteiger partial charge < -0.3 is 19.5 Å². The Balaban J connectivity index is 1.87. The smallest absolute Gasteiger partial charge is 0.408 e. The van der Waals surface area contributed by atoms with Crippen molar-refractivity contribution in [1.82, 2.24) is 15.3 Å². The number of hydrogen-bond acceptors (Lipinski definition) is 8. The zero-order chi connectivity index (χ0) is 18.8. The molecule has 0 spiro atoms. The minimum atomic E-state index is -1.22. The molecule has 0 aliphatic carbocycles. The number of esters is 2. The first kappa shape index (κ1) is 18.8. The molecule has 0 unspecified atom stereocenters. The van der Waals surface area contributed by atoms with Gasteiger partial charge >= 0.3 is 18.0 Å². The molecule has 0 saturated carbocycles. The van der Waals surface area contributed by atoms with Crippen LogP contribution in [0.3, 0.4) is 0 Å². The molecule has 136 valence electrons. The Morgan fingerprint density at radius 3 is 2.54 bits per heavy atom. The molecular formula is C17H17N3O6. The van der Waals surface area contributed by atoms with Crippen molar-refractivity contribution in [1.29, 1.82) is 0 Å². The van der Waals surface area contributed by atoms with Gasteiger partial charge in [-0.25, -0.2) is 19.4 Å². The Morgan fingerprint density at radius 2 is 1.88 bits per heavy atom. The normalized spacial score (nSPS) is 11.1. The van der Waals surface area contributed by atoms with E-state index in [1.165, 1.54) is 18.6 Å². The van der Waals surface area contributed by atoms with Gasteiger partial charge in [-0.15, -0.1) is 0 Å². The first-order chi connectivity index (χ1) is 12.6. The van der Waals surface area contributed by atoms with E-state index >= 15 is 0 Å². The number of benzene rings is 1. The van der Waals surface area contributed by atoms with Crippen LogP contribution in [0.4, 0.5) is 4.79 Å². The van der Waals surface area contributed by atoms with E-state index < -0.39 is 30.7 Å². The minimum Gasteiger partial charge on any atom is -0.467 e. The molecule has 0 aliphatic rings. The van der Waals surface area contributed by atoms with E-state index in [0.717, 1.165) is 12.7 Å². The third-order valence-corrected chi connectivity index (χ3v) is 3.14. The number of carbonyl (C=O) groups is 3. The Labute approximate surface area is 149 Å². The monoisotopic (exact) mass is 359 g/mol. The molecule has 0 fully saturated rings. The highest BCUT2D eigenvalue weighted by atomic mass is 16.6. The number of rotatable bonds is 7. The number of nitrogens with zero attached hydrogens (tertiary/aromatic N) is 2. The van der Waals surface area contributed by atoms with E-state index in [0.29, 0.717) is 0 Å². The molecule has 1 aromatic carbocycles. The summed E-state index contributed by atoms with van der Waals surface area (Å²) >= 11 is 0. The second-order valence-electron chi connectivity index (χ2n) is 4.97. The maximum Gasteiger partial charge on any atom is 0.408 e. The van der Waals surface area contributed by atoms with Gasteiger partial charge in [0.25, 0.3) is 0 Å². The highest BCUT2D eigenvalue weighted by Crippen LogP contribution is 2.02. The van der Waals surface area contributed by atoms with Crippen LogP contribution in [0.15, 0.2) is 48.9 Å². The number of carbonyl (C=O) groups excluding carboxylic acids is 3. The molecule has 1 N–H and O–H groups in total. The summed E-state index contributed by atoms with van der Waals surface area (Å²) in [6.45, 7) is -0.414. The fourth-order valence-electron chi connectivity index (χ4n) is 1.86. The summed E-state index contributed by atoms with van der Waals surface area (Å²) in [6.07, 6.45) is 3.10. The van der Waals surface area contributed by atoms with Crippen LogP contribution in [-0.2, 0) is 25.6 Å². The quantitative estimate of drug-likeness (QED) is 0.577. The van der Waals surface area contributed by atoms with Gasteiger partial charge in [0.05, 0.1) is 13.3 Å². The number of amides is 1. The third kappa shape index (κ3) is 5.86. The van der Waals surface area contributed by atoms with Gasteiger partial charge in [-0.05, 0) is 5.56 Å². The van der Waals surface area contributed by atoms with E-state index in [2.05, 4.69) is 20.0 Å². The molecule has 0 saturated heterocycles. The fraction of sp³-hybridized carbons (Fsp3) is 0.235. The summed E-state index contributed by atoms with van der Waals surface area (Å²) in [5, 5.41) is 2.30. The maximum absolute atomic E-state index is 11.9. The van der Waals surface area contributed by atoms with Crippen LogP contribution < -0.4 is 5.32 Å². The Morgan fingerprint density at radius 1 is 1.12 bits per heavy atom. The number of methoxy groups -OCH3 is 1. The lowest BCUT2D eigenvalue weighted by atomic mass is 10.2. The zero-order valence-corrected chi connectivity index (χ0v) is 14.0. The summed E-state index contributed by atoms with van der Waals surface area (Å²) in [6, 6.07) is 7.80. The summed E-state index contributed by atoms with van der Waals surface area (Å²) in [4.78, 5) is 43.0. The highest BCUT2D eigenvalue weighted by Gasteiger charge is 2.24. The molecule has 1 aromatic heterocycles. The van der Waals surface area contributed by atoms with Gasteiger partial charge in [-0.2, -0.15) is 0 Å². The van der Waals surface area contributed by atoms with Crippen molar-refractivity contribution in [2.24, 2.45) is 0 Å². The van der Waals surface area contributed by atoms with Crippen LogP contribution in [0.2, 0.25) is 0 Å². The topological polar surface area (TPSA) is 117 Å². The fourth-order valence-corrected chi connectivity index (χ4v) is 1.86. The molecule has 0 aliphatic heterocycles. The van der Waals surface area contributed by atoms with Crippen molar-refractivity contribution in [3.05, 3.63) is 60.2 Å². The summed E-state index contributed by atoms with van der Waals surface area (Å²) in [5.74, 6) is -1.57. The Hall–Kier alpha value is -3.49. The Bertz CT molecular complexity index is 739. The summed E-state index contributed by atoms with van der Waals surface area (Å²) in [7, 11) is 1.15. The maximum atomic E-state index is 11.9. The zero-order valence-electron chi connectivity index (χ0n) is 14.0. The highest BCUT2D eigenvalue weighted by molar-refractivity contribution is 5.87. The standard InChI is InChI=1S/C17H17N3O6/c1-24-15(21)14(11-25-16(22)13-9-18-7-8-19-13)20-17(23)26-10-12-5-3-2-4-6-12/h2-9,14H,10-11H2,1H3,(H,20,23)/t14-/m0/s1. The van der Waals surface area contributed by atoms with Crippen LogP contribution in [0, 0.1) is 0 Å². The van der Waals surface area contributed by atoms with E-state index in [1.807, 2.05) is 6.07 Å². The number of hydrogen-bond donors (Lipinski definition) is 1. The molecule has 2 aromatic rings. The largest absolute Gasteiger partial charge is 0.467 e. The molecule has 9 heteroatoms. The van der Waals surface area contributed by atoms with Crippen molar-refractivity contribution in [3.63, 3.8) is 0 Å². The lowest BCUT2D eigenvalue weighted by molar-refractivity contribution is -0.144. The molecule has 0 bridgehead atoms. The average Bonchev–Trinajstić information content (AvgIpc) is 2.70. The predicted molar refractivity (Wildman–Crippen MR) is 87.9 cm³/mol. The molecular weight excluding hydrogens is 342 g/mol. The van der Waals surface area contributed by atoms with Gasteiger partial charge in [-0.3, -0.25) is 4.98 Å². The van der Waals surface area contributed by atoms with Crippen LogP contribution in [-0.4, -0.2) is 47.8 Å². The van der Waals surface area contributed by atoms with Gasteiger partial charge in [0, 0.05) is 12.4 Å². The molecule has 1 atom stereocenters. The number of aromatic nitrogens is 2. The number of alkyl carbamates (subject to hydrolysis) is 1. The number of ether oxygens (including phenoxy) is 3. The van der Waals surface area contributed by atoms with Crippen LogP contribution in [0.1, 0.15) is 16.1 Å². The third-order valence-electron chi connectivity index (χ3n) is 3.14. The lowest BCUT2D eigenvalue weighted by Gasteiger charge is -2.16. The second kappa shape index (κ2) is 9.72. The van der Waals surface area contributed by atoms with Gasteiger partial charge in [0.15, 0.2) is 11.7 Å². The molecule has 26 heavy (non-hydrogen) atoms. The van der Waals surface area contributed by atoms with Crippen molar-refractivity contribution >= 4 is 18.0 Å². The SMILES string of the molecule is COC(=O)[C@H](COC(=O)c1cnccn1)NC(=O)OCc1ccccc1. The van der Waals surface area contributed by atoms with Gasteiger partial charge in [0.2, 0.25) is 0 Å². The lowest BCUT2D eigenvalue weighted by Crippen LogP contribution is -2.45. The van der Waals surface area contributed by atoms with E-state index in [-0.39, 0.29) is 12.3 Å². The van der Waals surface area contributed by atoms with Gasteiger partial charge in [0.1, 0.15) is 13.2 Å². The first-order valence-corrected chi connectivity index (χ1v) is 7.58. The minimum absolute atomic E-state index is 0.0252. The molecule has 1 amide bonds. The van der Waals surface area contributed by atoms with Gasteiger partial charge in [-0.1, -0.05) is 30.3 Å². The summed E-state index contributed by atoms with van der Waals surface area (Å²) in [5.41, 5.74) is 0.758. The first-order valence-electron chi connectivity index (χ1n) is 7.58. The summed E-state index contributed by atoms with van der Waals surface area (Å²) < 4.78 is 14.6. The van der Waals surface area contributed by atoms with Crippen LogP contribution in [0.5, 0.6) is 0 Å². The van der Waals surface area contributed by atoms with E-state index in [4.69, 9.17) is 9.47 Å².